The Labute approximate surface area is 155 Å². The van der Waals surface area contributed by atoms with E-state index in [0.717, 1.165) is 26.3 Å². The van der Waals surface area contributed by atoms with Crippen molar-refractivity contribution in [1.29, 1.82) is 0 Å². The predicted octanol–water partition coefficient (Wildman–Crippen LogP) is 4.29. The van der Waals surface area contributed by atoms with Crippen LogP contribution < -0.4 is 4.74 Å². The third-order valence-corrected chi connectivity index (χ3v) is 5.21. The van der Waals surface area contributed by atoms with E-state index >= 15 is 0 Å². The molecule has 1 aliphatic heterocycles. The molecule has 1 aromatic carbocycles. The largest absolute Gasteiger partial charge is 0.494 e. The van der Waals surface area contributed by atoms with Gasteiger partial charge in [-0.25, -0.2) is 0 Å². The van der Waals surface area contributed by atoms with Crippen LogP contribution in [0.1, 0.15) is 12.0 Å². The Morgan fingerprint density at radius 3 is 2.43 bits per heavy atom. The maximum Gasteiger partial charge on any atom is 0.293 e. The highest BCUT2D eigenvalue weighted by molar-refractivity contribution is 9.11. The van der Waals surface area contributed by atoms with Gasteiger partial charge in [0.2, 0.25) is 0 Å². The lowest BCUT2D eigenvalue weighted by atomic mass is 10.2. The average molecular weight is 465 g/mol. The number of carbonyl (C=O) groups excluding carboxylic acids is 2. The van der Waals surface area contributed by atoms with E-state index in [1.807, 2.05) is 12.1 Å². The topological polar surface area (TPSA) is 55.8 Å². The Kier molecular flexibility index (Phi) is 6.70. The number of carbonyl (C=O) groups is 2. The fourth-order valence-corrected chi connectivity index (χ4v) is 4.48. The molecule has 1 aliphatic rings. The van der Waals surface area contributed by atoms with Crippen LogP contribution in [0, 0.1) is 0 Å². The molecule has 0 radical (unpaired) electrons. The van der Waals surface area contributed by atoms with Crippen molar-refractivity contribution in [3.8, 4) is 5.75 Å². The van der Waals surface area contributed by atoms with Crippen molar-refractivity contribution < 1.29 is 19.1 Å². The summed E-state index contributed by atoms with van der Waals surface area (Å²) in [6.45, 7) is 0.880. The maximum atomic E-state index is 12.3. The number of hydrogen-bond donors (Lipinski definition) is 0. The van der Waals surface area contributed by atoms with Gasteiger partial charge >= 0.3 is 0 Å². The molecule has 1 fully saturated rings. The number of amides is 2. The fourth-order valence-electron chi connectivity index (χ4n) is 2.07. The van der Waals surface area contributed by atoms with E-state index in [1.54, 1.807) is 20.3 Å². The molecule has 124 valence electrons. The van der Waals surface area contributed by atoms with Crippen LogP contribution in [-0.2, 0) is 9.53 Å². The maximum absolute atomic E-state index is 12.3. The number of ether oxygens (including phenoxy) is 2. The second-order valence-electron chi connectivity index (χ2n) is 4.70. The third-order valence-electron chi connectivity index (χ3n) is 3.13. The minimum atomic E-state index is -0.265. The van der Waals surface area contributed by atoms with Gasteiger partial charge in [0.25, 0.3) is 11.1 Å². The van der Waals surface area contributed by atoms with Gasteiger partial charge in [-0.15, -0.1) is 0 Å². The molecule has 0 unspecified atom stereocenters. The SMILES string of the molecule is COCCCN1C(=O)S/C(=C/c2cc(Br)c(OC)c(Br)c2)C1=O. The first-order valence-corrected chi connectivity index (χ1v) is 9.15. The number of thioether (sulfide) groups is 1. The molecule has 1 saturated heterocycles. The highest BCUT2D eigenvalue weighted by atomic mass is 79.9. The Bertz CT molecular complexity index is 640. The molecule has 5 nitrogen and oxygen atoms in total. The molecule has 0 aromatic heterocycles. The molecule has 0 saturated carbocycles. The quantitative estimate of drug-likeness (QED) is 0.464. The molecule has 1 aromatic rings. The Morgan fingerprint density at radius 2 is 1.87 bits per heavy atom. The first-order chi connectivity index (χ1) is 11.0. The molecule has 0 spiro atoms. The second-order valence-corrected chi connectivity index (χ2v) is 7.40. The molecule has 2 amide bonds. The van der Waals surface area contributed by atoms with Crippen LogP contribution in [0.15, 0.2) is 26.0 Å². The van der Waals surface area contributed by atoms with E-state index in [4.69, 9.17) is 9.47 Å². The standard InChI is InChI=1S/C15H15Br2NO4S/c1-21-5-3-4-18-14(19)12(23-15(18)20)8-9-6-10(16)13(22-2)11(17)7-9/h6-8H,3-5H2,1-2H3/b12-8+. The van der Waals surface area contributed by atoms with Crippen LogP contribution in [0.3, 0.4) is 0 Å². The second kappa shape index (κ2) is 8.32. The summed E-state index contributed by atoms with van der Waals surface area (Å²) in [6, 6.07) is 3.67. The summed E-state index contributed by atoms with van der Waals surface area (Å²) >= 11 is 7.79. The molecule has 2 rings (SSSR count). The highest BCUT2D eigenvalue weighted by Gasteiger charge is 2.34. The molecule has 0 atom stereocenters. The summed E-state index contributed by atoms with van der Waals surface area (Å²) in [5.41, 5.74) is 0.798. The van der Waals surface area contributed by atoms with E-state index in [1.165, 1.54) is 4.90 Å². The van der Waals surface area contributed by atoms with E-state index in [9.17, 15) is 9.59 Å². The lowest BCUT2D eigenvalue weighted by Crippen LogP contribution is -2.29. The Hall–Kier alpha value is -0.830. The van der Waals surface area contributed by atoms with E-state index < -0.39 is 0 Å². The zero-order chi connectivity index (χ0) is 17.0. The molecular formula is C15H15Br2NO4S. The van der Waals surface area contributed by atoms with Crippen molar-refractivity contribution >= 4 is 60.8 Å². The summed E-state index contributed by atoms with van der Waals surface area (Å²) in [7, 11) is 3.17. The van der Waals surface area contributed by atoms with Crippen LogP contribution in [-0.4, -0.2) is 43.4 Å². The van der Waals surface area contributed by atoms with Gasteiger partial charge in [-0.3, -0.25) is 14.5 Å². The lowest BCUT2D eigenvalue weighted by molar-refractivity contribution is -0.122. The normalized spacial score (nSPS) is 16.5. The van der Waals surface area contributed by atoms with Gasteiger partial charge in [0.1, 0.15) is 5.75 Å². The minimum absolute atomic E-state index is 0.246. The monoisotopic (exact) mass is 463 g/mol. The van der Waals surface area contributed by atoms with Crippen molar-refractivity contribution in [2.24, 2.45) is 0 Å². The summed E-state index contributed by atoms with van der Waals surface area (Å²) in [6.07, 6.45) is 2.33. The van der Waals surface area contributed by atoms with Crippen molar-refractivity contribution in [3.63, 3.8) is 0 Å². The van der Waals surface area contributed by atoms with E-state index in [0.29, 0.717) is 30.2 Å². The number of halogens is 2. The van der Waals surface area contributed by atoms with Gasteiger partial charge in [0, 0.05) is 20.3 Å². The fraction of sp³-hybridized carbons (Fsp3) is 0.333. The van der Waals surface area contributed by atoms with Crippen LogP contribution in [0.25, 0.3) is 6.08 Å². The van der Waals surface area contributed by atoms with E-state index in [2.05, 4.69) is 31.9 Å². The minimum Gasteiger partial charge on any atom is -0.494 e. The zero-order valence-corrected chi connectivity index (χ0v) is 16.6. The van der Waals surface area contributed by atoms with Gasteiger partial charge in [0.05, 0.1) is 21.0 Å². The number of benzene rings is 1. The number of hydrogen-bond acceptors (Lipinski definition) is 5. The molecular weight excluding hydrogens is 450 g/mol. The Morgan fingerprint density at radius 1 is 1.22 bits per heavy atom. The molecule has 1 heterocycles. The lowest BCUT2D eigenvalue weighted by Gasteiger charge is -2.11. The van der Waals surface area contributed by atoms with Crippen molar-refractivity contribution in [2.75, 3.05) is 27.4 Å². The van der Waals surface area contributed by atoms with Crippen LogP contribution in [0.2, 0.25) is 0 Å². The van der Waals surface area contributed by atoms with E-state index in [-0.39, 0.29) is 11.1 Å². The molecule has 8 heteroatoms. The highest BCUT2D eigenvalue weighted by Crippen LogP contribution is 2.37. The summed E-state index contributed by atoms with van der Waals surface area (Å²) < 4.78 is 11.7. The predicted molar refractivity (Wildman–Crippen MR) is 97.6 cm³/mol. The van der Waals surface area contributed by atoms with Gasteiger partial charge in [-0.1, -0.05) is 0 Å². The van der Waals surface area contributed by atoms with Crippen LogP contribution >= 0.6 is 43.6 Å². The average Bonchev–Trinajstić information content (AvgIpc) is 2.74. The molecule has 0 bridgehead atoms. The van der Waals surface area contributed by atoms with Gasteiger partial charge < -0.3 is 9.47 Å². The zero-order valence-electron chi connectivity index (χ0n) is 12.6. The molecule has 23 heavy (non-hydrogen) atoms. The number of methoxy groups -OCH3 is 2. The van der Waals surface area contributed by atoms with Crippen LogP contribution in [0.5, 0.6) is 5.75 Å². The Balaban J connectivity index is 2.20. The van der Waals surface area contributed by atoms with Gasteiger partial charge in [-0.05, 0) is 73.8 Å². The van der Waals surface area contributed by atoms with Crippen LogP contribution in [0.4, 0.5) is 4.79 Å². The number of nitrogens with zero attached hydrogens (tertiary/aromatic N) is 1. The summed E-state index contributed by atoms with van der Waals surface area (Å²) in [4.78, 5) is 26.0. The van der Waals surface area contributed by atoms with Crippen molar-refractivity contribution in [1.82, 2.24) is 4.90 Å². The van der Waals surface area contributed by atoms with Crippen molar-refractivity contribution in [2.45, 2.75) is 6.42 Å². The van der Waals surface area contributed by atoms with Gasteiger partial charge in [0.15, 0.2) is 0 Å². The first kappa shape index (κ1) is 18.5. The third kappa shape index (κ3) is 4.37. The number of rotatable bonds is 6. The first-order valence-electron chi connectivity index (χ1n) is 6.75. The molecule has 0 aliphatic carbocycles. The number of imide groups is 1. The smallest absolute Gasteiger partial charge is 0.293 e. The summed E-state index contributed by atoms with van der Waals surface area (Å²) in [5.74, 6) is 0.411. The molecule has 0 N–H and O–H groups in total. The van der Waals surface area contributed by atoms with Gasteiger partial charge in [-0.2, -0.15) is 0 Å². The summed E-state index contributed by atoms with van der Waals surface area (Å²) in [5, 5.41) is -0.246. The van der Waals surface area contributed by atoms with Crippen molar-refractivity contribution in [3.05, 3.63) is 31.5 Å².